The number of hydrogen-bond acceptors (Lipinski definition) is 5. The fourth-order valence-corrected chi connectivity index (χ4v) is 3.86. The van der Waals surface area contributed by atoms with Gasteiger partial charge in [0.2, 0.25) is 11.8 Å². The highest BCUT2D eigenvalue weighted by Gasteiger charge is 2.21. The molecule has 0 aliphatic carbocycles. The molecule has 0 saturated carbocycles. The Labute approximate surface area is 161 Å². The van der Waals surface area contributed by atoms with Crippen LogP contribution in [0.3, 0.4) is 0 Å². The number of carbonyl (C=O) groups is 2. The lowest BCUT2D eigenvalue weighted by Gasteiger charge is -2.16. The Morgan fingerprint density at radius 3 is 2.70 bits per heavy atom. The molecule has 6 nitrogen and oxygen atoms in total. The lowest BCUT2D eigenvalue weighted by atomic mass is 10.2. The summed E-state index contributed by atoms with van der Waals surface area (Å²) in [6, 6.07) is 15.1. The first-order chi connectivity index (χ1) is 13.2. The predicted molar refractivity (Wildman–Crippen MR) is 107 cm³/mol. The van der Waals surface area contributed by atoms with Gasteiger partial charge in [0.1, 0.15) is 11.4 Å². The summed E-state index contributed by atoms with van der Waals surface area (Å²) in [7, 11) is 0. The smallest absolute Gasteiger partial charge is 0.234 e. The van der Waals surface area contributed by atoms with Crippen LogP contribution in [0.2, 0.25) is 0 Å². The SMILES string of the molecule is O=C(CSc1ncnc2ccccc12)Nc1ccc(N2CCCC2=O)cc1. The average molecular weight is 378 g/mol. The zero-order valence-electron chi connectivity index (χ0n) is 14.6. The number of anilines is 2. The molecule has 2 amide bonds. The minimum Gasteiger partial charge on any atom is -0.325 e. The Morgan fingerprint density at radius 2 is 1.93 bits per heavy atom. The average Bonchev–Trinajstić information content (AvgIpc) is 3.13. The van der Waals surface area contributed by atoms with Crippen LogP contribution in [0.15, 0.2) is 59.9 Å². The molecular weight excluding hydrogens is 360 g/mol. The normalized spacial score (nSPS) is 13.9. The number of amides is 2. The molecule has 1 N–H and O–H groups in total. The predicted octanol–water partition coefficient (Wildman–Crippen LogP) is 3.49. The fourth-order valence-electron chi connectivity index (χ4n) is 3.07. The van der Waals surface area contributed by atoms with Crippen LogP contribution < -0.4 is 10.2 Å². The Balaban J connectivity index is 1.37. The van der Waals surface area contributed by atoms with Gasteiger partial charge in [-0.2, -0.15) is 0 Å². The topological polar surface area (TPSA) is 75.2 Å². The highest BCUT2D eigenvalue weighted by molar-refractivity contribution is 8.00. The van der Waals surface area contributed by atoms with Crippen LogP contribution in [0.4, 0.5) is 11.4 Å². The van der Waals surface area contributed by atoms with E-state index in [4.69, 9.17) is 0 Å². The Hall–Kier alpha value is -2.93. The highest BCUT2D eigenvalue weighted by Crippen LogP contribution is 2.25. The third-order valence-electron chi connectivity index (χ3n) is 4.38. The van der Waals surface area contributed by atoms with Gasteiger partial charge in [-0.15, -0.1) is 0 Å². The molecule has 1 saturated heterocycles. The van der Waals surface area contributed by atoms with Crippen LogP contribution in [0.5, 0.6) is 0 Å². The van der Waals surface area contributed by atoms with E-state index in [9.17, 15) is 9.59 Å². The minimum atomic E-state index is -0.104. The first-order valence-electron chi connectivity index (χ1n) is 8.73. The number of aromatic nitrogens is 2. The quantitative estimate of drug-likeness (QED) is 0.543. The third kappa shape index (κ3) is 3.93. The van der Waals surface area contributed by atoms with Gasteiger partial charge in [0.05, 0.1) is 11.3 Å². The number of fused-ring (bicyclic) bond motifs is 1. The van der Waals surface area contributed by atoms with Gasteiger partial charge in [0, 0.05) is 29.7 Å². The lowest BCUT2D eigenvalue weighted by Crippen LogP contribution is -2.23. The number of hydrogen-bond donors (Lipinski definition) is 1. The molecule has 1 aliphatic rings. The van der Waals surface area contributed by atoms with E-state index in [0.717, 1.165) is 34.6 Å². The third-order valence-corrected chi connectivity index (χ3v) is 5.39. The van der Waals surface area contributed by atoms with Crippen molar-refractivity contribution >= 4 is 45.9 Å². The maximum absolute atomic E-state index is 12.3. The number of nitrogens with zero attached hydrogens (tertiary/aromatic N) is 3. The molecule has 2 aromatic carbocycles. The molecule has 0 atom stereocenters. The minimum absolute atomic E-state index is 0.104. The molecule has 3 aromatic rings. The van der Waals surface area contributed by atoms with E-state index in [1.165, 1.54) is 18.1 Å². The van der Waals surface area contributed by atoms with Crippen LogP contribution in [0.25, 0.3) is 10.9 Å². The number of carbonyl (C=O) groups excluding carboxylic acids is 2. The van der Waals surface area contributed by atoms with E-state index < -0.39 is 0 Å². The Kier molecular flexibility index (Phi) is 5.02. The molecule has 1 fully saturated rings. The van der Waals surface area contributed by atoms with Crippen molar-refractivity contribution < 1.29 is 9.59 Å². The van der Waals surface area contributed by atoms with Crippen molar-refractivity contribution in [2.24, 2.45) is 0 Å². The summed E-state index contributed by atoms with van der Waals surface area (Å²) in [6.45, 7) is 0.758. The maximum atomic E-state index is 12.3. The molecule has 136 valence electrons. The van der Waals surface area contributed by atoms with Crippen molar-refractivity contribution in [2.75, 3.05) is 22.5 Å². The molecule has 0 bridgehead atoms. The van der Waals surface area contributed by atoms with Gasteiger partial charge in [0.15, 0.2) is 0 Å². The van der Waals surface area contributed by atoms with Crippen molar-refractivity contribution in [2.45, 2.75) is 17.9 Å². The molecule has 0 radical (unpaired) electrons. The van der Waals surface area contributed by atoms with Crippen LogP contribution in [0, 0.1) is 0 Å². The van der Waals surface area contributed by atoms with Crippen molar-refractivity contribution in [3.05, 3.63) is 54.9 Å². The van der Waals surface area contributed by atoms with Gasteiger partial charge in [0.25, 0.3) is 0 Å². The van der Waals surface area contributed by atoms with E-state index in [1.807, 2.05) is 48.5 Å². The molecule has 1 aliphatic heterocycles. The standard InChI is InChI=1S/C20H18N4O2S/c25-18(12-27-20-16-4-1-2-5-17(16)21-13-22-20)23-14-7-9-15(10-8-14)24-11-3-6-19(24)26/h1-2,4-5,7-10,13H,3,6,11-12H2,(H,23,25). The van der Waals surface area contributed by atoms with Crippen LogP contribution in [-0.2, 0) is 9.59 Å². The van der Waals surface area contributed by atoms with Gasteiger partial charge in [-0.25, -0.2) is 9.97 Å². The molecule has 0 spiro atoms. The lowest BCUT2D eigenvalue weighted by molar-refractivity contribution is -0.117. The van der Waals surface area contributed by atoms with Crippen LogP contribution in [0.1, 0.15) is 12.8 Å². The monoisotopic (exact) mass is 378 g/mol. The van der Waals surface area contributed by atoms with Crippen LogP contribution in [-0.4, -0.2) is 34.1 Å². The summed E-state index contributed by atoms with van der Waals surface area (Å²) in [4.78, 5) is 34.4. The second-order valence-corrected chi connectivity index (χ2v) is 7.19. The first kappa shape index (κ1) is 17.5. The highest BCUT2D eigenvalue weighted by atomic mass is 32.2. The number of para-hydroxylation sites is 1. The first-order valence-corrected chi connectivity index (χ1v) is 9.72. The molecule has 1 aromatic heterocycles. The molecule has 4 rings (SSSR count). The summed E-state index contributed by atoms with van der Waals surface area (Å²) in [5.41, 5.74) is 2.45. The molecule has 2 heterocycles. The second-order valence-electron chi connectivity index (χ2n) is 6.23. The summed E-state index contributed by atoms with van der Waals surface area (Å²) in [5.74, 6) is 0.306. The summed E-state index contributed by atoms with van der Waals surface area (Å²) in [5, 5.41) is 4.62. The van der Waals surface area contributed by atoms with Crippen molar-refractivity contribution in [3.8, 4) is 0 Å². The molecular formula is C20H18N4O2S. The van der Waals surface area contributed by atoms with Crippen molar-refractivity contribution in [3.63, 3.8) is 0 Å². The summed E-state index contributed by atoms with van der Waals surface area (Å²) < 4.78 is 0. The summed E-state index contributed by atoms with van der Waals surface area (Å²) in [6.07, 6.45) is 3.01. The number of rotatable bonds is 5. The Morgan fingerprint density at radius 1 is 1.11 bits per heavy atom. The molecule has 0 unspecified atom stereocenters. The van der Waals surface area contributed by atoms with Gasteiger partial charge in [-0.3, -0.25) is 9.59 Å². The van der Waals surface area contributed by atoms with E-state index in [2.05, 4.69) is 15.3 Å². The van der Waals surface area contributed by atoms with E-state index in [1.54, 1.807) is 4.90 Å². The van der Waals surface area contributed by atoms with E-state index in [0.29, 0.717) is 12.1 Å². The van der Waals surface area contributed by atoms with Crippen LogP contribution >= 0.6 is 11.8 Å². The van der Waals surface area contributed by atoms with E-state index >= 15 is 0 Å². The number of benzene rings is 2. The van der Waals surface area contributed by atoms with Gasteiger partial charge in [-0.1, -0.05) is 30.0 Å². The van der Waals surface area contributed by atoms with Gasteiger partial charge in [-0.05, 0) is 36.8 Å². The summed E-state index contributed by atoms with van der Waals surface area (Å²) >= 11 is 1.39. The molecule has 7 heteroatoms. The molecule has 27 heavy (non-hydrogen) atoms. The Bertz CT molecular complexity index is 985. The number of thioether (sulfide) groups is 1. The number of nitrogens with one attached hydrogen (secondary N) is 1. The second kappa shape index (κ2) is 7.75. The van der Waals surface area contributed by atoms with Crippen molar-refractivity contribution in [1.29, 1.82) is 0 Å². The van der Waals surface area contributed by atoms with E-state index in [-0.39, 0.29) is 17.6 Å². The zero-order chi connectivity index (χ0) is 18.6. The largest absolute Gasteiger partial charge is 0.325 e. The van der Waals surface area contributed by atoms with Gasteiger partial charge < -0.3 is 10.2 Å². The van der Waals surface area contributed by atoms with Gasteiger partial charge >= 0.3 is 0 Å². The zero-order valence-corrected chi connectivity index (χ0v) is 15.4. The van der Waals surface area contributed by atoms with Crippen molar-refractivity contribution in [1.82, 2.24) is 9.97 Å². The maximum Gasteiger partial charge on any atom is 0.234 e. The fraction of sp³-hybridized carbons (Fsp3) is 0.200.